The largest absolute Gasteiger partial charge is 0.396 e. The van der Waals surface area contributed by atoms with E-state index in [-0.39, 0.29) is 25.2 Å². The van der Waals surface area contributed by atoms with Gasteiger partial charge in [0.05, 0.1) is 12.6 Å². The Morgan fingerprint density at radius 2 is 1.96 bits per heavy atom. The van der Waals surface area contributed by atoms with Gasteiger partial charge in [0.25, 0.3) is 5.91 Å². The van der Waals surface area contributed by atoms with Crippen molar-refractivity contribution < 1.29 is 15.0 Å². The lowest BCUT2D eigenvalue weighted by Crippen LogP contribution is -2.39. The molecule has 0 spiro atoms. The molecule has 1 atom stereocenters. The lowest BCUT2D eigenvalue weighted by atomic mass is 10.0. The highest BCUT2D eigenvalue weighted by molar-refractivity contribution is 5.94. The van der Waals surface area contributed by atoms with Crippen LogP contribution in [0.4, 0.5) is 0 Å². The van der Waals surface area contributed by atoms with Gasteiger partial charge in [0.15, 0.2) is 0 Å². The predicted molar refractivity (Wildman–Crippen MR) is 97.6 cm³/mol. The van der Waals surface area contributed by atoms with Crippen molar-refractivity contribution in [3.8, 4) is 0 Å². The van der Waals surface area contributed by atoms with Gasteiger partial charge in [0, 0.05) is 29.3 Å². The first-order chi connectivity index (χ1) is 12.2. The van der Waals surface area contributed by atoms with Crippen molar-refractivity contribution in [1.29, 1.82) is 0 Å². The molecule has 0 fully saturated rings. The number of hydrogen-bond donors (Lipinski definition) is 4. The van der Waals surface area contributed by atoms with Crippen molar-refractivity contribution in [2.24, 2.45) is 0 Å². The average Bonchev–Trinajstić information content (AvgIpc) is 3.04. The van der Waals surface area contributed by atoms with Crippen LogP contribution in [-0.2, 0) is 12.8 Å². The Bertz CT molecular complexity index is 857. The van der Waals surface area contributed by atoms with E-state index >= 15 is 0 Å². The van der Waals surface area contributed by atoms with Crippen LogP contribution < -0.4 is 5.32 Å². The number of carbonyl (C=O) groups excluding carboxylic acids is 1. The van der Waals surface area contributed by atoms with E-state index < -0.39 is 0 Å². The third-order valence-corrected chi connectivity index (χ3v) is 4.29. The van der Waals surface area contributed by atoms with Gasteiger partial charge in [-0.3, -0.25) is 4.79 Å². The Morgan fingerprint density at radius 1 is 1.12 bits per heavy atom. The number of benzene rings is 2. The van der Waals surface area contributed by atoms with Crippen LogP contribution in [0.3, 0.4) is 0 Å². The number of aromatic nitrogens is 1. The standard InChI is InChI=1S/C20H22N2O3/c23-9-8-14-4-3-5-15(10-14)20(25)22-17(13-24)11-16-12-21-19-7-2-1-6-18(16)19/h1-7,10,12,17,21,23-24H,8-9,11,13H2,(H,22,25)/t17-/m1/s1. The van der Waals surface area contributed by atoms with E-state index in [1.165, 1.54) is 0 Å². The van der Waals surface area contributed by atoms with Gasteiger partial charge in [0.2, 0.25) is 0 Å². The molecule has 0 saturated carbocycles. The molecule has 3 aromatic rings. The third-order valence-electron chi connectivity index (χ3n) is 4.29. The van der Waals surface area contributed by atoms with Gasteiger partial charge in [0.1, 0.15) is 0 Å². The van der Waals surface area contributed by atoms with Crippen molar-refractivity contribution in [2.75, 3.05) is 13.2 Å². The summed E-state index contributed by atoms with van der Waals surface area (Å²) in [5.41, 5.74) is 3.54. The van der Waals surface area contributed by atoms with Gasteiger partial charge in [-0.2, -0.15) is 0 Å². The number of para-hydroxylation sites is 1. The lowest BCUT2D eigenvalue weighted by Gasteiger charge is -2.16. The lowest BCUT2D eigenvalue weighted by molar-refractivity contribution is 0.0916. The second kappa shape index (κ2) is 7.96. The summed E-state index contributed by atoms with van der Waals surface area (Å²) in [6.07, 6.45) is 2.98. The fourth-order valence-corrected chi connectivity index (χ4v) is 2.99. The predicted octanol–water partition coefficient (Wildman–Crippen LogP) is 2.04. The van der Waals surface area contributed by atoms with Gasteiger partial charge >= 0.3 is 0 Å². The minimum Gasteiger partial charge on any atom is -0.396 e. The summed E-state index contributed by atoms with van der Waals surface area (Å²) in [4.78, 5) is 15.7. The van der Waals surface area contributed by atoms with E-state index in [0.717, 1.165) is 22.0 Å². The molecule has 0 bridgehead atoms. The number of nitrogens with one attached hydrogen (secondary N) is 2. The van der Waals surface area contributed by atoms with Crippen molar-refractivity contribution >= 4 is 16.8 Å². The maximum Gasteiger partial charge on any atom is 0.251 e. The van der Waals surface area contributed by atoms with Gasteiger partial charge in [-0.1, -0.05) is 30.3 Å². The number of carbonyl (C=O) groups is 1. The zero-order chi connectivity index (χ0) is 17.6. The number of fused-ring (bicyclic) bond motifs is 1. The first-order valence-electron chi connectivity index (χ1n) is 8.37. The Balaban J connectivity index is 1.71. The molecule has 0 aliphatic heterocycles. The number of aliphatic hydroxyl groups is 2. The maximum absolute atomic E-state index is 12.5. The Kier molecular flexibility index (Phi) is 5.48. The second-order valence-corrected chi connectivity index (χ2v) is 6.09. The summed E-state index contributed by atoms with van der Waals surface area (Å²) in [7, 11) is 0. The van der Waals surface area contributed by atoms with Crippen LogP contribution in [0.1, 0.15) is 21.5 Å². The van der Waals surface area contributed by atoms with Crippen LogP contribution >= 0.6 is 0 Å². The third kappa shape index (κ3) is 4.07. The summed E-state index contributed by atoms with van der Waals surface area (Å²) in [5, 5.41) is 22.7. The highest BCUT2D eigenvalue weighted by atomic mass is 16.3. The van der Waals surface area contributed by atoms with Gasteiger partial charge in [-0.15, -0.1) is 0 Å². The summed E-state index contributed by atoms with van der Waals surface area (Å²) in [6, 6.07) is 14.8. The van der Waals surface area contributed by atoms with Crippen molar-refractivity contribution in [3.63, 3.8) is 0 Å². The number of hydrogen-bond acceptors (Lipinski definition) is 3. The monoisotopic (exact) mass is 338 g/mol. The molecule has 0 aliphatic rings. The topological polar surface area (TPSA) is 85.4 Å². The number of aromatic amines is 1. The summed E-state index contributed by atoms with van der Waals surface area (Å²) < 4.78 is 0. The summed E-state index contributed by atoms with van der Waals surface area (Å²) >= 11 is 0. The molecular weight excluding hydrogens is 316 g/mol. The smallest absolute Gasteiger partial charge is 0.251 e. The molecule has 1 amide bonds. The van der Waals surface area contributed by atoms with Crippen LogP contribution in [0, 0.1) is 0 Å². The van der Waals surface area contributed by atoms with Gasteiger partial charge < -0.3 is 20.5 Å². The molecule has 0 saturated heterocycles. The number of H-pyrrole nitrogens is 1. The average molecular weight is 338 g/mol. The van der Waals surface area contributed by atoms with Gasteiger partial charge in [-0.25, -0.2) is 0 Å². The minimum absolute atomic E-state index is 0.0465. The molecule has 5 heteroatoms. The van der Waals surface area contributed by atoms with Crippen molar-refractivity contribution in [1.82, 2.24) is 10.3 Å². The van der Waals surface area contributed by atoms with E-state index in [0.29, 0.717) is 18.4 Å². The quantitative estimate of drug-likeness (QED) is 0.532. The SMILES string of the molecule is O=C(N[C@@H](CO)Cc1c[nH]c2ccccc12)c1cccc(CCO)c1. The highest BCUT2D eigenvalue weighted by Gasteiger charge is 2.16. The number of aliphatic hydroxyl groups excluding tert-OH is 2. The zero-order valence-corrected chi connectivity index (χ0v) is 13.9. The van der Waals surface area contributed by atoms with Crippen LogP contribution in [-0.4, -0.2) is 40.4 Å². The van der Waals surface area contributed by atoms with Crippen LogP contribution in [0.25, 0.3) is 10.9 Å². The van der Waals surface area contributed by atoms with Crippen molar-refractivity contribution in [2.45, 2.75) is 18.9 Å². The summed E-state index contributed by atoms with van der Waals surface area (Å²) in [6.45, 7) is -0.0908. The molecule has 4 N–H and O–H groups in total. The van der Waals surface area contributed by atoms with E-state index in [4.69, 9.17) is 5.11 Å². The molecule has 5 nitrogen and oxygen atoms in total. The first kappa shape index (κ1) is 17.2. The molecule has 0 radical (unpaired) electrons. The fourth-order valence-electron chi connectivity index (χ4n) is 2.99. The Labute approximate surface area is 146 Å². The molecular formula is C20H22N2O3. The fraction of sp³-hybridized carbons (Fsp3) is 0.250. The second-order valence-electron chi connectivity index (χ2n) is 6.09. The number of amides is 1. The molecule has 0 unspecified atom stereocenters. The molecule has 0 aliphatic carbocycles. The van der Waals surface area contributed by atoms with E-state index in [1.807, 2.05) is 36.5 Å². The van der Waals surface area contributed by atoms with Gasteiger partial charge in [-0.05, 0) is 42.2 Å². The molecule has 130 valence electrons. The normalized spacial score (nSPS) is 12.2. The highest BCUT2D eigenvalue weighted by Crippen LogP contribution is 2.19. The maximum atomic E-state index is 12.5. The van der Waals surface area contributed by atoms with Crippen LogP contribution in [0.5, 0.6) is 0 Å². The molecule has 2 aromatic carbocycles. The van der Waals surface area contributed by atoms with Crippen LogP contribution in [0.2, 0.25) is 0 Å². The first-order valence-corrected chi connectivity index (χ1v) is 8.37. The zero-order valence-electron chi connectivity index (χ0n) is 13.9. The molecule has 25 heavy (non-hydrogen) atoms. The molecule has 1 aromatic heterocycles. The summed E-state index contributed by atoms with van der Waals surface area (Å²) in [5.74, 6) is -0.223. The van der Waals surface area contributed by atoms with E-state index in [1.54, 1.807) is 18.2 Å². The van der Waals surface area contributed by atoms with E-state index in [2.05, 4.69) is 10.3 Å². The minimum atomic E-state index is -0.367. The Morgan fingerprint density at radius 3 is 2.76 bits per heavy atom. The molecule has 3 rings (SSSR count). The Hall–Kier alpha value is -2.63. The van der Waals surface area contributed by atoms with Crippen molar-refractivity contribution in [3.05, 3.63) is 71.4 Å². The van der Waals surface area contributed by atoms with E-state index in [9.17, 15) is 9.90 Å². The molecule has 1 heterocycles. The van der Waals surface area contributed by atoms with Crippen LogP contribution in [0.15, 0.2) is 54.7 Å². The number of rotatable bonds is 7.